The van der Waals surface area contributed by atoms with Crippen molar-refractivity contribution >= 4 is 29.5 Å². The Labute approximate surface area is 430 Å². The molecule has 2 aliphatic carbocycles. The number of non-ortho nitro benzene ring substituents is 1. The van der Waals surface area contributed by atoms with E-state index >= 15 is 4.79 Å². The molecule has 390 valence electrons. The van der Waals surface area contributed by atoms with Gasteiger partial charge < -0.3 is 53.7 Å². The predicted octanol–water partition coefficient (Wildman–Crippen LogP) is 9.51. The van der Waals surface area contributed by atoms with Gasteiger partial charge in [0.1, 0.15) is 17.5 Å². The number of benzene rings is 4. The van der Waals surface area contributed by atoms with Crippen LogP contribution >= 0.6 is 0 Å². The number of carbonyl (C=O) groups is 2. The number of aliphatic hydroxyl groups excluding tert-OH is 2. The minimum Gasteiger partial charge on any atom is -0.459 e. The van der Waals surface area contributed by atoms with Gasteiger partial charge in [0.25, 0.3) is 5.69 Å². The van der Waals surface area contributed by atoms with Gasteiger partial charge in [-0.3, -0.25) is 14.9 Å². The van der Waals surface area contributed by atoms with Crippen molar-refractivity contribution in [3.8, 4) is 23.0 Å². The van der Waals surface area contributed by atoms with Gasteiger partial charge in [-0.05, 0) is 121 Å². The van der Waals surface area contributed by atoms with Crippen LogP contribution in [-0.2, 0) is 32.2 Å². The highest BCUT2D eigenvalue weighted by Gasteiger charge is 2.65. The van der Waals surface area contributed by atoms with E-state index in [4.69, 9.17) is 38.4 Å². The van der Waals surface area contributed by atoms with Crippen LogP contribution in [-0.4, -0.2) is 89.1 Å². The molecule has 3 N–H and O–H groups in total. The van der Waals surface area contributed by atoms with Crippen LogP contribution in [0.1, 0.15) is 92.4 Å². The number of nitro benzene ring substituents is 1. The number of nitro groups is 1. The van der Waals surface area contributed by atoms with Crippen LogP contribution in [0.15, 0.2) is 127 Å². The van der Waals surface area contributed by atoms with E-state index in [0.29, 0.717) is 73.0 Å². The minimum absolute atomic E-state index is 0.0169. The highest BCUT2D eigenvalue weighted by Crippen LogP contribution is 2.62. The first-order valence-electron chi connectivity index (χ1n) is 25.6. The molecule has 1 saturated carbocycles. The maximum Gasteiger partial charge on any atom is 0.412 e. The van der Waals surface area contributed by atoms with E-state index in [2.05, 4.69) is 18.0 Å². The highest BCUT2D eigenvalue weighted by atomic mass is 16.8. The third-order valence-electron chi connectivity index (χ3n) is 14.5. The van der Waals surface area contributed by atoms with E-state index in [1.54, 1.807) is 41.3 Å². The Morgan fingerprint density at radius 1 is 0.919 bits per heavy atom. The first kappa shape index (κ1) is 51.8. The summed E-state index contributed by atoms with van der Waals surface area (Å²) in [6, 6.07) is 25.4. The number of hydrogen-bond donors (Lipinski definition) is 3. The lowest BCUT2D eigenvalue weighted by Gasteiger charge is -2.60. The molecule has 4 aromatic carbocycles. The van der Waals surface area contributed by atoms with Crippen molar-refractivity contribution in [3.05, 3.63) is 154 Å². The summed E-state index contributed by atoms with van der Waals surface area (Å²) >= 11 is 0. The van der Waals surface area contributed by atoms with Crippen molar-refractivity contribution in [2.24, 2.45) is 22.9 Å². The lowest BCUT2D eigenvalue weighted by molar-refractivity contribution is -0.384. The number of carbonyl (C=O) groups excluding carboxylic acids is 2. The van der Waals surface area contributed by atoms with Crippen LogP contribution in [0.5, 0.6) is 23.0 Å². The highest BCUT2D eigenvalue weighted by molar-refractivity contribution is 6.03. The van der Waals surface area contributed by atoms with E-state index in [1.807, 2.05) is 54.6 Å². The van der Waals surface area contributed by atoms with Crippen LogP contribution in [0.3, 0.4) is 0 Å². The molecular formula is C57H64N4O13. The van der Waals surface area contributed by atoms with Crippen molar-refractivity contribution in [2.75, 3.05) is 33.2 Å². The first-order chi connectivity index (χ1) is 36.2. The zero-order valence-electron chi connectivity index (χ0n) is 41.4. The van der Waals surface area contributed by atoms with Crippen molar-refractivity contribution < 1.29 is 58.0 Å². The summed E-state index contributed by atoms with van der Waals surface area (Å²) in [6.07, 6.45) is 12.4. The summed E-state index contributed by atoms with van der Waals surface area (Å²) in [5.74, 6) is -1.37. The van der Waals surface area contributed by atoms with Crippen LogP contribution in [0.4, 0.5) is 10.5 Å². The van der Waals surface area contributed by atoms with Crippen molar-refractivity contribution in [2.45, 2.75) is 101 Å². The van der Waals surface area contributed by atoms with E-state index in [-0.39, 0.29) is 63.6 Å². The molecule has 9 rings (SSSR count). The summed E-state index contributed by atoms with van der Waals surface area (Å²) in [6.45, 7) is 5.05. The fourth-order valence-corrected chi connectivity index (χ4v) is 11.1. The largest absolute Gasteiger partial charge is 0.459 e. The molecule has 2 fully saturated rings. The normalized spacial score (nSPS) is 24.0. The molecule has 5 aliphatic rings. The molecule has 7 atom stereocenters. The summed E-state index contributed by atoms with van der Waals surface area (Å²) in [7, 11) is 0. The molecule has 0 radical (unpaired) electrons. The Kier molecular flexibility index (Phi) is 17.0. The number of nitrogens with one attached hydrogen (secondary N) is 1. The van der Waals surface area contributed by atoms with Gasteiger partial charge in [0.15, 0.2) is 11.5 Å². The third kappa shape index (κ3) is 11.8. The molecule has 2 amide bonds. The molecule has 0 spiro atoms. The first-order valence-corrected chi connectivity index (χ1v) is 25.6. The van der Waals surface area contributed by atoms with Gasteiger partial charge in [0.2, 0.25) is 24.8 Å². The molecule has 3 heterocycles. The Balaban J connectivity index is 1.21. The molecule has 3 aliphatic heterocycles. The monoisotopic (exact) mass is 1010 g/mol. The number of rotatable bonds is 22. The smallest absolute Gasteiger partial charge is 0.412 e. The van der Waals surface area contributed by atoms with Gasteiger partial charge in [0, 0.05) is 68.8 Å². The van der Waals surface area contributed by atoms with Crippen LogP contribution in [0.2, 0.25) is 0 Å². The molecule has 1 saturated heterocycles. The lowest BCUT2D eigenvalue weighted by Crippen LogP contribution is -2.70. The van der Waals surface area contributed by atoms with Crippen molar-refractivity contribution in [1.82, 2.24) is 10.2 Å². The van der Waals surface area contributed by atoms with Crippen molar-refractivity contribution in [3.63, 3.8) is 0 Å². The molecule has 17 nitrogen and oxygen atoms in total. The lowest BCUT2D eigenvalue weighted by atomic mass is 9.55. The second kappa shape index (κ2) is 24.3. The van der Waals surface area contributed by atoms with E-state index in [1.165, 1.54) is 18.2 Å². The van der Waals surface area contributed by atoms with Crippen LogP contribution in [0.25, 0.3) is 6.08 Å². The van der Waals surface area contributed by atoms with Gasteiger partial charge in [-0.15, -0.1) is 6.58 Å². The fraction of sp³-hybridized carbons (Fsp3) is 0.421. The van der Waals surface area contributed by atoms with Gasteiger partial charge in [-0.2, -0.15) is 0 Å². The van der Waals surface area contributed by atoms with Crippen LogP contribution in [0, 0.1) is 27.9 Å². The Morgan fingerprint density at radius 2 is 1.70 bits per heavy atom. The molecule has 4 aromatic rings. The van der Waals surface area contributed by atoms with E-state index in [9.17, 15) is 25.1 Å². The zero-order valence-corrected chi connectivity index (χ0v) is 41.4. The number of aliphatic hydroxyl groups is 2. The quantitative estimate of drug-likeness (QED) is 0.0221. The minimum atomic E-state index is -1.62. The topological polar surface area (TPSA) is 210 Å². The second-order valence-electron chi connectivity index (χ2n) is 19.2. The Hall–Kier alpha value is -7.05. The molecular weight excluding hydrogens is 949 g/mol. The van der Waals surface area contributed by atoms with Crippen molar-refractivity contribution in [1.29, 1.82) is 0 Å². The average Bonchev–Trinajstić information content (AvgIpc) is 3.90. The summed E-state index contributed by atoms with van der Waals surface area (Å²) in [5, 5.41) is 39.5. The van der Waals surface area contributed by atoms with Gasteiger partial charge in [-0.1, -0.05) is 66.5 Å². The predicted molar refractivity (Wildman–Crippen MR) is 274 cm³/mol. The molecule has 7 unspecified atom stereocenters. The maximum atomic E-state index is 15.4. The third-order valence-corrected chi connectivity index (χ3v) is 14.5. The standard InChI is InChI=1S/C57H64N4O13/c1-2-29-71-57-51(60(36-40-19-24-49-50(31-40)70-37-69-49)52(64)26-20-38-17-21-42(22-18-38)61(66)67)34-47(59-74-53-16-8-11-30-68-53)45-32-41(14-6-9-27-62)44(15-7-10-28-63)54(55(45)57)46-33-43(23-25-48(46)73-57)72-56(65)58-35-39-12-4-3-5-13-39/h2-5,12-13,17-26,31-33,41,44,51,53-55,62-63H,1,6-11,14-16,27-30,34-37H2,(H,58,65). The fourth-order valence-electron chi connectivity index (χ4n) is 11.1. The number of oxime groups is 1. The Bertz CT molecular complexity index is 2710. The number of nitrogens with zero attached hydrogens (tertiary/aromatic N) is 3. The number of fused-ring (bicyclic) bond motifs is 3. The van der Waals surface area contributed by atoms with Gasteiger partial charge >= 0.3 is 6.09 Å². The zero-order chi connectivity index (χ0) is 51.4. The molecule has 17 heteroatoms. The maximum absolute atomic E-state index is 15.4. The SMILES string of the molecule is C=CCOC12Oc3ccc(OC(=O)NCc4ccccc4)cc3C3C(CCCCO)C(CCCCO)C=C(C(=NOC4CCCCO4)CC1N(Cc1ccc4c(c1)OCO4)C(=O)C=Cc1ccc([N+](=O)[O-])cc1)C32. The molecule has 0 bridgehead atoms. The molecule has 0 aromatic heterocycles. The number of allylic oxidation sites excluding steroid dienone is 1. The number of amides is 2. The van der Waals surface area contributed by atoms with E-state index in [0.717, 1.165) is 47.9 Å². The number of hydrogen-bond acceptors (Lipinski definition) is 14. The van der Waals surface area contributed by atoms with Gasteiger partial charge in [-0.25, -0.2) is 4.79 Å². The average molecular weight is 1010 g/mol. The van der Waals surface area contributed by atoms with Gasteiger partial charge in [0.05, 0.1) is 29.8 Å². The Morgan fingerprint density at radius 3 is 2.46 bits per heavy atom. The summed E-state index contributed by atoms with van der Waals surface area (Å²) in [4.78, 5) is 47.9. The van der Waals surface area contributed by atoms with Crippen LogP contribution < -0.4 is 24.3 Å². The summed E-state index contributed by atoms with van der Waals surface area (Å²) in [5.41, 5.74) is 4.32. The number of unbranched alkanes of at least 4 members (excludes halogenated alkanes) is 2. The van der Waals surface area contributed by atoms with E-state index < -0.39 is 46.9 Å². The molecule has 74 heavy (non-hydrogen) atoms. The summed E-state index contributed by atoms with van der Waals surface area (Å²) < 4.78 is 38.2. The number of ether oxygens (including phenoxy) is 6. The second-order valence-corrected chi connectivity index (χ2v) is 19.2.